The third-order valence-electron chi connectivity index (χ3n) is 1.81. The lowest BCUT2D eigenvalue weighted by molar-refractivity contribution is -0.120. The number of carbonyl (C=O) groups excluding carboxylic acids is 1. The summed E-state index contributed by atoms with van der Waals surface area (Å²) in [4.78, 5) is 18.4. The van der Waals surface area contributed by atoms with Gasteiger partial charge >= 0.3 is 0 Å². The Hall–Kier alpha value is -1.36. The number of hydrogen-bond donors (Lipinski definition) is 3. The molecule has 0 aliphatic carbocycles. The molecule has 0 aliphatic heterocycles. The van der Waals surface area contributed by atoms with Crippen molar-refractivity contribution < 1.29 is 4.79 Å². The smallest absolute Gasteiger partial charge is 0.234 e. The van der Waals surface area contributed by atoms with Crippen LogP contribution in [0.15, 0.2) is 6.20 Å². The van der Waals surface area contributed by atoms with Crippen molar-refractivity contribution in [2.45, 2.75) is 33.4 Å². The topological polar surface area (TPSA) is 69.8 Å². The van der Waals surface area contributed by atoms with Gasteiger partial charge in [-0.2, -0.15) is 0 Å². The molecule has 0 bridgehead atoms. The Morgan fingerprint density at radius 3 is 2.87 bits per heavy atom. The Morgan fingerprint density at radius 1 is 1.60 bits per heavy atom. The second-order valence-corrected chi connectivity index (χ2v) is 3.82. The summed E-state index contributed by atoms with van der Waals surface area (Å²) in [5.41, 5.74) is 0.991. The third-order valence-corrected chi connectivity index (χ3v) is 1.81. The van der Waals surface area contributed by atoms with Crippen LogP contribution in [-0.4, -0.2) is 28.5 Å². The molecule has 15 heavy (non-hydrogen) atoms. The highest BCUT2D eigenvalue weighted by atomic mass is 16.1. The zero-order valence-electron chi connectivity index (χ0n) is 9.42. The monoisotopic (exact) mass is 210 g/mol. The number of nitrogens with one attached hydrogen (secondary N) is 3. The Labute approximate surface area is 89.7 Å². The molecule has 1 aromatic rings. The first-order chi connectivity index (χ1) is 7.08. The molecule has 0 saturated heterocycles. The molecule has 0 radical (unpaired) electrons. The van der Waals surface area contributed by atoms with Crippen LogP contribution >= 0.6 is 0 Å². The maximum atomic E-state index is 11.2. The predicted molar refractivity (Wildman–Crippen MR) is 58.3 cm³/mol. The number of H-pyrrole nitrogens is 1. The molecule has 0 aliphatic rings. The summed E-state index contributed by atoms with van der Waals surface area (Å²) in [7, 11) is 0. The molecule has 1 rings (SSSR count). The Morgan fingerprint density at radius 2 is 2.33 bits per heavy atom. The molecule has 0 fully saturated rings. The van der Waals surface area contributed by atoms with E-state index in [0.717, 1.165) is 11.5 Å². The number of aryl methyl sites for hydroxylation is 1. The first-order valence-corrected chi connectivity index (χ1v) is 5.08. The van der Waals surface area contributed by atoms with E-state index < -0.39 is 0 Å². The minimum atomic E-state index is 0.0150. The lowest BCUT2D eigenvalue weighted by atomic mass is 10.4. The van der Waals surface area contributed by atoms with Gasteiger partial charge in [0.25, 0.3) is 0 Å². The summed E-state index contributed by atoms with van der Waals surface area (Å²) < 4.78 is 0. The van der Waals surface area contributed by atoms with E-state index in [0.29, 0.717) is 13.1 Å². The summed E-state index contributed by atoms with van der Waals surface area (Å²) in [6.45, 7) is 6.74. The molecule has 3 N–H and O–H groups in total. The van der Waals surface area contributed by atoms with Gasteiger partial charge in [0.05, 0.1) is 6.54 Å². The highest BCUT2D eigenvalue weighted by Gasteiger charge is 2.02. The average Bonchev–Trinajstić information content (AvgIpc) is 2.50. The molecular weight excluding hydrogens is 192 g/mol. The van der Waals surface area contributed by atoms with Crippen LogP contribution < -0.4 is 10.6 Å². The van der Waals surface area contributed by atoms with Crippen molar-refractivity contribution >= 4 is 5.91 Å². The summed E-state index contributed by atoms with van der Waals surface area (Å²) in [5, 5.41) is 5.84. The van der Waals surface area contributed by atoms with Gasteiger partial charge < -0.3 is 15.6 Å². The number of rotatable bonds is 5. The van der Waals surface area contributed by atoms with Crippen molar-refractivity contribution in [3.8, 4) is 0 Å². The molecule has 1 amide bonds. The summed E-state index contributed by atoms with van der Waals surface area (Å²) >= 11 is 0. The van der Waals surface area contributed by atoms with Gasteiger partial charge in [0.15, 0.2) is 0 Å². The summed E-state index contributed by atoms with van der Waals surface area (Å²) in [5.74, 6) is 0.902. The van der Waals surface area contributed by atoms with Crippen LogP contribution in [0.4, 0.5) is 0 Å². The normalized spacial score (nSPS) is 10.7. The lowest BCUT2D eigenvalue weighted by Crippen LogP contribution is -2.37. The Bertz CT molecular complexity index is 319. The predicted octanol–water partition coefficient (Wildman–Crippen LogP) is 0.332. The van der Waals surface area contributed by atoms with Crippen molar-refractivity contribution in [1.82, 2.24) is 20.6 Å². The maximum absolute atomic E-state index is 11.2. The molecule has 84 valence electrons. The van der Waals surface area contributed by atoms with Crippen LogP contribution in [0.2, 0.25) is 0 Å². The molecule has 1 aromatic heterocycles. The zero-order chi connectivity index (χ0) is 11.3. The van der Waals surface area contributed by atoms with Gasteiger partial charge in [-0.3, -0.25) is 4.79 Å². The van der Waals surface area contributed by atoms with Gasteiger partial charge in [-0.25, -0.2) is 4.98 Å². The lowest BCUT2D eigenvalue weighted by Gasteiger charge is -2.08. The molecule has 0 atom stereocenters. The fourth-order valence-electron chi connectivity index (χ4n) is 1.25. The molecule has 5 nitrogen and oxygen atoms in total. The van der Waals surface area contributed by atoms with Gasteiger partial charge in [-0.15, -0.1) is 0 Å². The molecule has 1 heterocycles. The molecule has 0 aromatic carbocycles. The van der Waals surface area contributed by atoms with E-state index in [1.165, 1.54) is 0 Å². The number of hydrogen-bond acceptors (Lipinski definition) is 3. The van der Waals surface area contributed by atoms with E-state index in [-0.39, 0.29) is 11.9 Å². The van der Waals surface area contributed by atoms with Crippen LogP contribution in [0.25, 0.3) is 0 Å². The molecule has 0 saturated carbocycles. The number of carbonyl (C=O) groups is 1. The van der Waals surface area contributed by atoms with E-state index in [2.05, 4.69) is 20.6 Å². The van der Waals surface area contributed by atoms with Gasteiger partial charge in [0.2, 0.25) is 5.91 Å². The first kappa shape index (κ1) is 11.7. The van der Waals surface area contributed by atoms with E-state index in [1.807, 2.05) is 20.8 Å². The van der Waals surface area contributed by atoms with Crippen LogP contribution in [0.3, 0.4) is 0 Å². The fourth-order valence-corrected chi connectivity index (χ4v) is 1.25. The minimum absolute atomic E-state index is 0.0150. The highest BCUT2D eigenvalue weighted by molar-refractivity contribution is 5.78. The van der Waals surface area contributed by atoms with Crippen molar-refractivity contribution in [3.05, 3.63) is 17.7 Å². The molecule has 5 heteroatoms. The summed E-state index contributed by atoms with van der Waals surface area (Å²) in [6.07, 6.45) is 1.77. The van der Waals surface area contributed by atoms with E-state index in [4.69, 9.17) is 0 Å². The minimum Gasteiger partial charge on any atom is -0.353 e. The molecule has 0 unspecified atom stereocenters. The third kappa shape index (κ3) is 4.60. The van der Waals surface area contributed by atoms with Crippen LogP contribution in [0.5, 0.6) is 0 Å². The van der Waals surface area contributed by atoms with Gasteiger partial charge in [0.1, 0.15) is 5.82 Å². The maximum Gasteiger partial charge on any atom is 0.234 e. The van der Waals surface area contributed by atoms with Gasteiger partial charge in [0, 0.05) is 24.5 Å². The van der Waals surface area contributed by atoms with Crippen LogP contribution in [0.1, 0.15) is 25.4 Å². The number of aromatic nitrogens is 2. The first-order valence-electron chi connectivity index (χ1n) is 5.08. The number of aromatic amines is 1. The standard InChI is InChI=1S/C10H18N4O/c1-7(2)13-10(15)6-11-4-9-5-12-8(3)14-9/h5,7,11H,4,6H2,1-3H3,(H,12,14)(H,13,15). The van der Waals surface area contributed by atoms with Crippen LogP contribution in [0, 0.1) is 6.92 Å². The van der Waals surface area contributed by atoms with E-state index >= 15 is 0 Å². The summed E-state index contributed by atoms with van der Waals surface area (Å²) in [6, 6.07) is 0.189. The van der Waals surface area contributed by atoms with Crippen molar-refractivity contribution in [1.29, 1.82) is 0 Å². The fraction of sp³-hybridized carbons (Fsp3) is 0.600. The van der Waals surface area contributed by atoms with E-state index in [1.54, 1.807) is 6.20 Å². The molecule has 0 spiro atoms. The van der Waals surface area contributed by atoms with Crippen molar-refractivity contribution in [2.24, 2.45) is 0 Å². The van der Waals surface area contributed by atoms with Gasteiger partial charge in [-0.1, -0.05) is 0 Å². The number of imidazole rings is 1. The zero-order valence-corrected chi connectivity index (χ0v) is 9.42. The van der Waals surface area contributed by atoms with E-state index in [9.17, 15) is 4.79 Å². The SMILES string of the molecule is Cc1ncc(CNCC(=O)NC(C)C)[nH]1. The Balaban J connectivity index is 2.19. The second-order valence-electron chi connectivity index (χ2n) is 3.82. The van der Waals surface area contributed by atoms with Crippen LogP contribution in [-0.2, 0) is 11.3 Å². The molecular formula is C10H18N4O. The Kier molecular flexibility index (Phi) is 4.30. The highest BCUT2D eigenvalue weighted by Crippen LogP contribution is 1.93. The number of nitrogens with zero attached hydrogens (tertiary/aromatic N) is 1. The average molecular weight is 210 g/mol. The van der Waals surface area contributed by atoms with Crippen molar-refractivity contribution in [3.63, 3.8) is 0 Å². The van der Waals surface area contributed by atoms with Crippen molar-refractivity contribution in [2.75, 3.05) is 6.54 Å². The largest absolute Gasteiger partial charge is 0.353 e. The van der Waals surface area contributed by atoms with Gasteiger partial charge in [-0.05, 0) is 20.8 Å². The quantitative estimate of drug-likeness (QED) is 0.656. The second kappa shape index (κ2) is 5.50. The number of amides is 1.